The number of hydrogen-bond acceptors (Lipinski definition) is 3. The number of anilines is 1. The lowest BCUT2D eigenvalue weighted by molar-refractivity contribution is -0.116. The molecule has 3 aromatic rings. The SMILES string of the molecule is Cc1ccc(C)c(S(=O)(=O)NCCC(=O)Nc2ccccc2-c2ccccc2)c1. The summed E-state index contributed by atoms with van der Waals surface area (Å²) >= 11 is 0. The second-order valence-electron chi connectivity index (χ2n) is 6.88. The summed E-state index contributed by atoms with van der Waals surface area (Å²) in [6, 6.07) is 22.6. The first-order valence-electron chi connectivity index (χ1n) is 9.38. The molecule has 5 nitrogen and oxygen atoms in total. The van der Waals surface area contributed by atoms with Crippen LogP contribution in [0.4, 0.5) is 5.69 Å². The molecule has 3 rings (SSSR count). The highest BCUT2D eigenvalue weighted by molar-refractivity contribution is 7.89. The summed E-state index contributed by atoms with van der Waals surface area (Å²) in [5.41, 5.74) is 4.15. The molecule has 6 heteroatoms. The third-order valence-corrected chi connectivity index (χ3v) is 6.17. The van der Waals surface area contributed by atoms with Crippen LogP contribution in [0.1, 0.15) is 17.5 Å². The fourth-order valence-corrected chi connectivity index (χ4v) is 4.41. The van der Waals surface area contributed by atoms with Gasteiger partial charge in [0.25, 0.3) is 0 Å². The molecular formula is C23H24N2O3S. The van der Waals surface area contributed by atoms with Crippen LogP contribution in [0, 0.1) is 13.8 Å². The van der Waals surface area contributed by atoms with E-state index in [1.807, 2.05) is 67.6 Å². The van der Waals surface area contributed by atoms with Gasteiger partial charge in [0.2, 0.25) is 15.9 Å². The van der Waals surface area contributed by atoms with Crippen molar-refractivity contribution in [2.24, 2.45) is 0 Å². The Morgan fingerprint density at radius 1 is 0.897 bits per heavy atom. The van der Waals surface area contributed by atoms with Gasteiger partial charge in [-0.05, 0) is 42.7 Å². The van der Waals surface area contributed by atoms with Crippen molar-refractivity contribution >= 4 is 21.6 Å². The predicted octanol–water partition coefficient (Wildman–Crippen LogP) is 4.28. The molecule has 1 amide bonds. The van der Waals surface area contributed by atoms with E-state index >= 15 is 0 Å². The van der Waals surface area contributed by atoms with E-state index in [0.717, 1.165) is 16.7 Å². The number of amides is 1. The molecule has 0 saturated heterocycles. The summed E-state index contributed by atoms with van der Waals surface area (Å²) < 4.78 is 27.6. The molecule has 0 aliphatic carbocycles. The molecule has 29 heavy (non-hydrogen) atoms. The summed E-state index contributed by atoms with van der Waals surface area (Å²) in [6.45, 7) is 3.62. The second-order valence-corrected chi connectivity index (χ2v) is 8.61. The fourth-order valence-electron chi connectivity index (χ4n) is 3.05. The third-order valence-electron chi connectivity index (χ3n) is 4.56. The second kappa shape index (κ2) is 9.03. The van der Waals surface area contributed by atoms with E-state index in [1.165, 1.54) is 0 Å². The lowest BCUT2D eigenvalue weighted by atomic mass is 10.0. The minimum atomic E-state index is -3.66. The first-order chi connectivity index (χ1) is 13.9. The average molecular weight is 409 g/mol. The van der Waals surface area contributed by atoms with Gasteiger partial charge in [-0.2, -0.15) is 0 Å². The van der Waals surface area contributed by atoms with E-state index in [9.17, 15) is 13.2 Å². The van der Waals surface area contributed by atoms with Gasteiger partial charge in [-0.25, -0.2) is 13.1 Å². The van der Waals surface area contributed by atoms with E-state index < -0.39 is 10.0 Å². The molecule has 0 fully saturated rings. The number of hydrogen-bond donors (Lipinski definition) is 2. The Kier molecular flexibility index (Phi) is 6.46. The molecule has 0 aliphatic heterocycles. The highest BCUT2D eigenvalue weighted by atomic mass is 32.2. The van der Waals surface area contributed by atoms with Gasteiger partial charge in [0.1, 0.15) is 0 Å². The number of nitrogens with one attached hydrogen (secondary N) is 2. The molecule has 2 N–H and O–H groups in total. The molecule has 150 valence electrons. The maximum Gasteiger partial charge on any atom is 0.240 e. The number of benzene rings is 3. The highest BCUT2D eigenvalue weighted by Gasteiger charge is 2.17. The van der Waals surface area contributed by atoms with Crippen LogP contribution in [0.2, 0.25) is 0 Å². The van der Waals surface area contributed by atoms with Gasteiger partial charge in [-0.3, -0.25) is 4.79 Å². The fraction of sp³-hybridized carbons (Fsp3) is 0.174. The Hall–Kier alpha value is -2.96. The van der Waals surface area contributed by atoms with E-state index in [2.05, 4.69) is 10.0 Å². The van der Waals surface area contributed by atoms with Crippen LogP contribution >= 0.6 is 0 Å². The van der Waals surface area contributed by atoms with Crippen LogP contribution in [-0.2, 0) is 14.8 Å². The largest absolute Gasteiger partial charge is 0.325 e. The summed E-state index contributed by atoms with van der Waals surface area (Å²) in [5, 5.41) is 2.88. The molecule has 0 aromatic heterocycles. The zero-order valence-corrected chi connectivity index (χ0v) is 17.3. The molecule has 0 atom stereocenters. The van der Waals surface area contributed by atoms with E-state index in [-0.39, 0.29) is 23.8 Å². The molecule has 0 radical (unpaired) electrons. The Morgan fingerprint density at radius 2 is 1.59 bits per heavy atom. The molecule has 3 aromatic carbocycles. The van der Waals surface area contributed by atoms with Crippen LogP contribution in [0.5, 0.6) is 0 Å². The minimum Gasteiger partial charge on any atom is -0.325 e. The van der Waals surface area contributed by atoms with Crippen LogP contribution in [0.15, 0.2) is 77.7 Å². The third kappa shape index (κ3) is 5.31. The van der Waals surface area contributed by atoms with Crippen LogP contribution in [0.3, 0.4) is 0 Å². The Labute approximate surface area is 171 Å². The van der Waals surface area contributed by atoms with Crippen LogP contribution in [0.25, 0.3) is 11.1 Å². The monoisotopic (exact) mass is 408 g/mol. The van der Waals surface area contributed by atoms with Crippen molar-refractivity contribution in [1.29, 1.82) is 0 Å². The summed E-state index contributed by atoms with van der Waals surface area (Å²) in [7, 11) is -3.66. The van der Waals surface area contributed by atoms with E-state index in [0.29, 0.717) is 11.3 Å². The first-order valence-corrected chi connectivity index (χ1v) is 10.9. The Morgan fingerprint density at radius 3 is 2.34 bits per heavy atom. The zero-order valence-electron chi connectivity index (χ0n) is 16.5. The van der Waals surface area contributed by atoms with Crippen LogP contribution in [-0.4, -0.2) is 20.9 Å². The summed E-state index contributed by atoms with van der Waals surface area (Å²) in [5.74, 6) is -0.253. The standard InChI is InChI=1S/C23H24N2O3S/c1-17-12-13-18(2)22(16-17)29(27,28)24-15-14-23(26)25-21-11-7-6-10-20(21)19-8-4-3-5-9-19/h3-13,16,24H,14-15H2,1-2H3,(H,25,26). The summed E-state index contributed by atoms with van der Waals surface area (Å²) in [4.78, 5) is 12.6. The van der Waals surface area contributed by atoms with Crippen molar-refractivity contribution in [1.82, 2.24) is 4.72 Å². The predicted molar refractivity (Wildman–Crippen MR) is 116 cm³/mol. The van der Waals surface area contributed by atoms with Crippen molar-refractivity contribution in [3.05, 3.63) is 83.9 Å². The quantitative estimate of drug-likeness (QED) is 0.613. The Bertz CT molecular complexity index is 1110. The van der Waals surface area contributed by atoms with Crippen LogP contribution < -0.4 is 10.0 Å². The zero-order chi connectivity index (χ0) is 20.9. The van der Waals surface area contributed by atoms with Crippen molar-refractivity contribution in [2.75, 3.05) is 11.9 Å². The van der Waals surface area contributed by atoms with E-state index in [4.69, 9.17) is 0 Å². The van der Waals surface area contributed by atoms with E-state index in [1.54, 1.807) is 19.1 Å². The number of carbonyl (C=O) groups excluding carboxylic acids is 1. The minimum absolute atomic E-state index is 0.0229. The van der Waals surface area contributed by atoms with Crippen molar-refractivity contribution in [2.45, 2.75) is 25.2 Å². The normalized spacial score (nSPS) is 11.2. The Balaban J connectivity index is 1.64. The number of aryl methyl sites for hydroxylation is 2. The number of rotatable bonds is 7. The molecular weight excluding hydrogens is 384 g/mol. The van der Waals surface area contributed by atoms with Gasteiger partial charge < -0.3 is 5.32 Å². The van der Waals surface area contributed by atoms with Gasteiger partial charge in [-0.1, -0.05) is 60.7 Å². The average Bonchev–Trinajstić information content (AvgIpc) is 2.70. The molecule has 0 unspecified atom stereocenters. The van der Waals surface area contributed by atoms with Crippen molar-refractivity contribution < 1.29 is 13.2 Å². The topological polar surface area (TPSA) is 75.3 Å². The van der Waals surface area contributed by atoms with Crippen molar-refractivity contribution in [3.8, 4) is 11.1 Å². The first kappa shape index (κ1) is 20.8. The number of para-hydroxylation sites is 1. The van der Waals surface area contributed by atoms with Crippen molar-refractivity contribution in [3.63, 3.8) is 0 Å². The maximum absolute atomic E-state index is 12.5. The van der Waals surface area contributed by atoms with Gasteiger partial charge in [0, 0.05) is 24.2 Å². The molecule has 0 heterocycles. The molecule has 0 spiro atoms. The lowest BCUT2D eigenvalue weighted by Gasteiger charge is -2.12. The molecule has 0 bridgehead atoms. The molecule has 0 aliphatic rings. The van der Waals surface area contributed by atoms with Gasteiger partial charge in [0.15, 0.2) is 0 Å². The smallest absolute Gasteiger partial charge is 0.240 e. The lowest BCUT2D eigenvalue weighted by Crippen LogP contribution is -2.28. The summed E-state index contributed by atoms with van der Waals surface area (Å²) in [6.07, 6.45) is 0.0349. The molecule has 0 saturated carbocycles. The number of sulfonamides is 1. The van der Waals surface area contributed by atoms with Gasteiger partial charge in [0.05, 0.1) is 4.90 Å². The highest BCUT2D eigenvalue weighted by Crippen LogP contribution is 2.27. The maximum atomic E-state index is 12.5. The van der Waals surface area contributed by atoms with Gasteiger partial charge in [-0.15, -0.1) is 0 Å². The van der Waals surface area contributed by atoms with Gasteiger partial charge >= 0.3 is 0 Å². The number of carbonyl (C=O) groups is 1.